The predicted molar refractivity (Wildman–Crippen MR) is 137 cm³/mol. The van der Waals surface area contributed by atoms with Crippen LogP contribution in [0.15, 0.2) is 48.5 Å². The van der Waals surface area contributed by atoms with E-state index in [1.807, 2.05) is 58.0 Å². The molecule has 0 aliphatic rings. The van der Waals surface area contributed by atoms with Gasteiger partial charge in [-0.15, -0.1) is 0 Å². The highest BCUT2D eigenvalue weighted by Gasteiger charge is 2.24. The van der Waals surface area contributed by atoms with Crippen LogP contribution >= 0.6 is 0 Å². The minimum atomic E-state index is -0.798. The van der Waals surface area contributed by atoms with Crippen LogP contribution in [-0.2, 0) is 11.3 Å². The Morgan fingerprint density at radius 1 is 1.06 bits per heavy atom. The molecule has 0 radical (unpaired) electrons. The minimum Gasteiger partial charge on any atom is -0.435 e. The van der Waals surface area contributed by atoms with Crippen LogP contribution in [0.1, 0.15) is 45.9 Å². The summed E-state index contributed by atoms with van der Waals surface area (Å²) in [5.74, 6) is -0.887. The van der Waals surface area contributed by atoms with Gasteiger partial charge in [0.05, 0.1) is 35.3 Å². The van der Waals surface area contributed by atoms with E-state index >= 15 is 0 Å². The molecule has 1 N–H and O–H groups in total. The van der Waals surface area contributed by atoms with Gasteiger partial charge in [0.1, 0.15) is 5.82 Å². The Morgan fingerprint density at radius 2 is 1.75 bits per heavy atom. The van der Waals surface area contributed by atoms with Gasteiger partial charge in [0.25, 0.3) is 0 Å². The van der Waals surface area contributed by atoms with Gasteiger partial charge >= 0.3 is 0 Å². The Hall–Kier alpha value is -2.81. The highest BCUT2D eigenvalue weighted by molar-refractivity contribution is 5.43. The van der Waals surface area contributed by atoms with Crippen molar-refractivity contribution in [2.24, 2.45) is 5.92 Å². The summed E-state index contributed by atoms with van der Waals surface area (Å²) in [5.41, 5.74) is 1.87. The Balaban J connectivity index is 1.96. The van der Waals surface area contributed by atoms with Gasteiger partial charge in [-0.25, -0.2) is 13.5 Å². The molecule has 1 heterocycles. The molecule has 36 heavy (non-hydrogen) atoms. The first kappa shape index (κ1) is 27.8. The van der Waals surface area contributed by atoms with E-state index in [9.17, 15) is 13.9 Å². The van der Waals surface area contributed by atoms with Crippen molar-refractivity contribution < 1.29 is 23.4 Å². The maximum atomic E-state index is 14.5. The molecule has 0 bridgehead atoms. The number of para-hydroxylation sites is 1. The first-order chi connectivity index (χ1) is 16.9. The molecule has 0 fully saturated rings. The first-order valence-electron chi connectivity index (χ1n) is 12.2. The van der Waals surface area contributed by atoms with E-state index in [0.717, 1.165) is 23.4 Å². The van der Waals surface area contributed by atoms with Gasteiger partial charge < -0.3 is 14.6 Å². The topological polar surface area (TPSA) is 59.8 Å². The largest absolute Gasteiger partial charge is 0.435 e. The first-order valence-corrected chi connectivity index (χ1v) is 12.2. The number of benzene rings is 2. The summed E-state index contributed by atoms with van der Waals surface area (Å²) in [7, 11) is 0. The minimum absolute atomic E-state index is 0.0937. The third kappa shape index (κ3) is 7.85. The fourth-order valence-corrected chi connectivity index (χ4v) is 3.87. The summed E-state index contributed by atoms with van der Waals surface area (Å²) in [6.07, 6.45) is -0.689. The van der Waals surface area contributed by atoms with Gasteiger partial charge in [-0.05, 0) is 57.9 Å². The molecule has 3 aromatic rings. The zero-order chi connectivity index (χ0) is 26.5. The second-order valence-electron chi connectivity index (χ2n) is 10.5. The molecule has 1 unspecified atom stereocenters. The van der Waals surface area contributed by atoms with Crippen LogP contribution in [0.4, 0.5) is 8.78 Å². The van der Waals surface area contributed by atoms with E-state index < -0.39 is 17.7 Å². The van der Waals surface area contributed by atoms with Crippen LogP contribution in [0.3, 0.4) is 0 Å². The van der Waals surface area contributed by atoms with E-state index in [4.69, 9.17) is 9.47 Å². The molecule has 0 aliphatic carbocycles. The molecule has 1 aromatic heterocycles. The Morgan fingerprint density at radius 3 is 2.36 bits per heavy atom. The SMILES string of the molecule is Cc1nn(-c2ccccc2)c(Oc2ccc(F)cc2F)c1CN(CC(C)C)CC(O)COC(C)(C)C. The lowest BCUT2D eigenvalue weighted by Crippen LogP contribution is -2.38. The molecule has 0 saturated carbocycles. The number of rotatable bonds is 11. The van der Waals surface area contributed by atoms with Crippen LogP contribution in [0.5, 0.6) is 11.6 Å². The maximum Gasteiger partial charge on any atom is 0.227 e. The van der Waals surface area contributed by atoms with Crippen LogP contribution in [0, 0.1) is 24.5 Å². The van der Waals surface area contributed by atoms with Crippen molar-refractivity contribution in [3.8, 4) is 17.3 Å². The monoisotopic (exact) mass is 501 g/mol. The molecule has 2 aromatic carbocycles. The molecule has 1 atom stereocenters. The molecular formula is C28H37F2N3O3. The molecule has 0 saturated heterocycles. The van der Waals surface area contributed by atoms with Gasteiger partial charge in [0.15, 0.2) is 11.6 Å². The van der Waals surface area contributed by atoms with E-state index in [1.54, 1.807) is 4.68 Å². The van der Waals surface area contributed by atoms with E-state index in [2.05, 4.69) is 23.8 Å². The number of ether oxygens (including phenoxy) is 2. The van der Waals surface area contributed by atoms with E-state index in [-0.39, 0.29) is 18.0 Å². The number of aliphatic hydroxyl groups is 1. The summed E-state index contributed by atoms with van der Waals surface area (Å²) < 4.78 is 41.5. The molecular weight excluding hydrogens is 464 g/mol. The number of nitrogens with zero attached hydrogens (tertiary/aromatic N) is 3. The zero-order valence-corrected chi connectivity index (χ0v) is 22.0. The molecule has 0 aliphatic heterocycles. The number of aromatic nitrogens is 2. The Kier molecular flexibility index (Phi) is 9.22. The maximum absolute atomic E-state index is 14.5. The fourth-order valence-electron chi connectivity index (χ4n) is 3.87. The van der Waals surface area contributed by atoms with Crippen molar-refractivity contribution in [2.45, 2.75) is 59.8 Å². The number of halogens is 2. The fraction of sp³-hybridized carbons (Fsp3) is 0.464. The second kappa shape index (κ2) is 12.0. The second-order valence-corrected chi connectivity index (χ2v) is 10.5. The lowest BCUT2D eigenvalue weighted by molar-refractivity contribution is -0.0573. The lowest BCUT2D eigenvalue weighted by Gasteiger charge is -2.28. The Bertz CT molecular complexity index is 1130. The van der Waals surface area contributed by atoms with Crippen molar-refractivity contribution in [2.75, 3.05) is 19.7 Å². The number of hydrogen-bond acceptors (Lipinski definition) is 5. The van der Waals surface area contributed by atoms with Gasteiger partial charge in [-0.3, -0.25) is 4.90 Å². The summed E-state index contributed by atoms with van der Waals surface area (Å²) in [6, 6.07) is 12.6. The third-order valence-electron chi connectivity index (χ3n) is 5.42. The molecule has 196 valence electrons. The van der Waals surface area contributed by atoms with Crippen molar-refractivity contribution in [1.82, 2.24) is 14.7 Å². The summed E-state index contributed by atoms with van der Waals surface area (Å²) in [5, 5.41) is 15.4. The molecule has 8 heteroatoms. The van der Waals surface area contributed by atoms with Crippen LogP contribution in [0.25, 0.3) is 5.69 Å². The van der Waals surface area contributed by atoms with Gasteiger partial charge in [-0.2, -0.15) is 5.10 Å². The Labute approximate surface area is 212 Å². The predicted octanol–water partition coefficient (Wildman–Crippen LogP) is 5.89. The molecule has 0 amide bonds. The van der Waals surface area contributed by atoms with E-state index in [1.165, 1.54) is 6.07 Å². The van der Waals surface area contributed by atoms with Crippen molar-refractivity contribution >= 4 is 0 Å². The smallest absolute Gasteiger partial charge is 0.227 e. The molecule has 6 nitrogen and oxygen atoms in total. The zero-order valence-electron chi connectivity index (χ0n) is 22.0. The quantitative estimate of drug-likeness (QED) is 0.355. The highest BCUT2D eigenvalue weighted by atomic mass is 19.1. The lowest BCUT2D eigenvalue weighted by atomic mass is 10.1. The van der Waals surface area contributed by atoms with Crippen LogP contribution < -0.4 is 4.74 Å². The average Bonchev–Trinajstić information content (AvgIpc) is 3.09. The van der Waals surface area contributed by atoms with Crippen LogP contribution in [0.2, 0.25) is 0 Å². The average molecular weight is 502 g/mol. The van der Waals surface area contributed by atoms with Crippen molar-refractivity contribution in [3.63, 3.8) is 0 Å². The van der Waals surface area contributed by atoms with Crippen LogP contribution in [-0.4, -0.2) is 51.2 Å². The molecule has 3 rings (SSSR count). The number of aliphatic hydroxyl groups excluding tert-OH is 1. The third-order valence-corrected chi connectivity index (χ3v) is 5.42. The van der Waals surface area contributed by atoms with Crippen molar-refractivity contribution in [3.05, 3.63) is 71.4 Å². The standard InChI is InChI=1S/C28H37F2N3O3/c1-19(2)15-32(16-23(34)18-35-28(4,5)6)17-24-20(3)31-33(22-10-8-7-9-11-22)27(24)36-26-13-12-21(29)14-25(26)30/h7-14,19,23,34H,15-18H2,1-6H3. The molecule has 0 spiro atoms. The van der Waals surface area contributed by atoms with E-state index in [0.29, 0.717) is 37.1 Å². The number of hydrogen-bond donors (Lipinski definition) is 1. The summed E-state index contributed by atoms with van der Waals surface area (Å²) in [6.45, 7) is 13.7. The summed E-state index contributed by atoms with van der Waals surface area (Å²) >= 11 is 0. The van der Waals surface area contributed by atoms with Crippen molar-refractivity contribution in [1.29, 1.82) is 0 Å². The van der Waals surface area contributed by atoms with Gasteiger partial charge in [-0.1, -0.05) is 32.0 Å². The normalized spacial score (nSPS) is 13.0. The highest BCUT2D eigenvalue weighted by Crippen LogP contribution is 2.33. The van der Waals surface area contributed by atoms with Gasteiger partial charge in [0.2, 0.25) is 5.88 Å². The van der Waals surface area contributed by atoms with Gasteiger partial charge in [0, 0.05) is 25.7 Å². The number of aryl methyl sites for hydroxylation is 1. The summed E-state index contributed by atoms with van der Waals surface area (Å²) in [4.78, 5) is 2.12.